The third kappa shape index (κ3) is 6.11. The summed E-state index contributed by atoms with van der Waals surface area (Å²) in [5.74, 6) is 0. The van der Waals surface area contributed by atoms with Gasteiger partial charge in [-0.15, -0.1) is 0 Å². The van der Waals surface area contributed by atoms with Crippen molar-refractivity contribution in [3.05, 3.63) is 148 Å². The first-order valence-corrected chi connectivity index (χ1v) is 23.3. The van der Waals surface area contributed by atoms with Crippen LogP contribution in [0.1, 0.15) is 149 Å². The van der Waals surface area contributed by atoms with Crippen LogP contribution in [-0.2, 0) is 32.5 Å². The molecule has 0 saturated heterocycles. The Bertz CT molecular complexity index is 2840. The number of rotatable bonds is 3. The predicted molar refractivity (Wildman–Crippen MR) is 269 cm³/mol. The first-order valence-electron chi connectivity index (χ1n) is 23.3. The van der Waals surface area contributed by atoms with Crippen LogP contribution in [0.5, 0.6) is 0 Å². The lowest BCUT2D eigenvalue weighted by Gasteiger charge is -2.46. The van der Waals surface area contributed by atoms with Gasteiger partial charge in [-0.1, -0.05) is 164 Å². The number of nitrogens with zero attached hydrogens (tertiary/aromatic N) is 2. The van der Waals surface area contributed by atoms with Gasteiger partial charge in [-0.05, 0) is 161 Å². The van der Waals surface area contributed by atoms with Gasteiger partial charge < -0.3 is 9.80 Å². The van der Waals surface area contributed by atoms with Crippen LogP contribution in [0.15, 0.2) is 109 Å². The molecule has 0 fully saturated rings. The van der Waals surface area contributed by atoms with Gasteiger partial charge in [0, 0.05) is 34.1 Å². The van der Waals surface area contributed by atoms with Crippen LogP contribution in [0.25, 0.3) is 11.1 Å². The molecule has 10 rings (SSSR count). The van der Waals surface area contributed by atoms with E-state index < -0.39 is 0 Å². The number of hydrogen-bond acceptors (Lipinski definition) is 2. The highest BCUT2D eigenvalue weighted by molar-refractivity contribution is 7.00. The van der Waals surface area contributed by atoms with E-state index in [0.29, 0.717) is 0 Å². The van der Waals surface area contributed by atoms with Gasteiger partial charge in [0.05, 0.1) is 0 Å². The molecule has 6 aromatic carbocycles. The molecule has 316 valence electrons. The van der Waals surface area contributed by atoms with Crippen LogP contribution in [-0.4, -0.2) is 6.71 Å². The number of hydrogen-bond donors (Lipinski definition) is 0. The second kappa shape index (κ2) is 13.0. The Kier molecular flexibility index (Phi) is 8.62. The maximum Gasteiger partial charge on any atom is 0.252 e. The van der Waals surface area contributed by atoms with E-state index in [2.05, 4.69) is 223 Å². The zero-order valence-corrected chi connectivity index (χ0v) is 40.3. The fraction of sp³-hybridized carbons (Fsp3) is 0.390. The Morgan fingerprint density at radius 1 is 0.435 bits per heavy atom. The van der Waals surface area contributed by atoms with Gasteiger partial charge in [0.25, 0.3) is 6.71 Å². The van der Waals surface area contributed by atoms with E-state index in [-0.39, 0.29) is 39.2 Å². The Hall–Kier alpha value is -5.02. The van der Waals surface area contributed by atoms with Gasteiger partial charge in [0.2, 0.25) is 0 Å². The van der Waals surface area contributed by atoms with E-state index in [1.165, 1.54) is 101 Å². The van der Waals surface area contributed by atoms with Crippen molar-refractivity contribution in [2.24, 2.45) is 0 Å². The molecule has 0 aromatic heterocycles. The molecule has 2 aliphatic heterocycles. The zero-order valence-electron chi connectivity index (χ0n) is 40.3. The lowest BCUT2D eigenvalue weighted by atomic mass is 9.33. The third-order valence-corrected chi connectivity index (χ3v) is 15.4. The van der Waals surface area contributed by atoms with Gasteiger partial charge in [-0.3, -0.25) is 0 Å². The lowest BCUT2D eigenvalue weighted by Crippen LogP contribution is -2.61. The molecule has 0 unspecified atom stereocenters. The summed E-state index contributed by atoms with van der Waals surface area (Å²) < 4.78 is 0. The highest BCUT2D eigenvalue weighted by Crippen LogP contribution is 2.55. The average Bonchev–Trinajstić information content (AvgIpc) is 3.50. The molecule has 4 aliphatic rings. The van der Waals surface area contributed by atoms with Crippen molar-refractivity contribution in [3.8, 4) is 11.1 Å². The van der Waals surface area contributed by atoms with Crippen molar-refractivity contribution >= 4 is 57.2 Å². The van der Waals surface area contributed by atoms with Crippen LogP contribution in [0, 0.1) is 6.92 Å². The van der Waals surface area contributed by atoms with E-state index in [0.717, 1.165) is 12.8 Å². The molecule has 0 spiro atoms. The fourth-order valence-electron chi connectivity index (χ4n) is 12.7. The van der Waals surface area contributed by atoms with E-state index in [4.69, 9.17) is 0 Å². The molecule has 0 N–H and O–H groups in total. The molecule has 6 aromatic rings. The molecule has 2 aliphatic carbocycles. The predicted octanol–water partition coefficient (Wildman–Crippen LogP) is 14.3. The molecule has 0 radical (unpaired) electrons. The second-order valence-corrected chi connectivity index (χ2v) is 24.2. The lowest BCUT2D eigenvalue weighted by molar-refractivity contribution is 0.403. The Morgan fingerprint density at radius 3 is 1.61 bits per heavy atom. The van der Waals surface area contributed by atoms with Crippen molar-refractivity contribution in [2.75, 3.05) is 9.80 Å². The Labute approximate surface area is 373 Å². The first-order chi connectivity index (χ1) is 28.9. The molecule has 0 atom stereocenters. The van der Waals surface area contributed by atoms with E-state index >= 15 is 0 Å². The zero-order chi connectivity index (χ0) is 44.3. The molecule has 2 heterocycles. The fourth-order valence-corrected chi connectivity index (χ4v) is 12.7. The second-order valence-electron chi connectivity index (χ2n) is 24.2. The molecular weight excluding hydrogens is 747 g/mol. The maximum absolute atomic E-state index is 2.70. The topological polar surface area (TPSA) is 6.48 Å². The molecule has 62 heavy (non-hydrogen) atoms. The number of anilines is 6. The highest BCUT2D eigenvalue weighted by atomic mass is 15.2. The van der Waals surface area contributed by atoms with Crippen molar-refractivity contribution in [3.63, 3.8) is 0 Å². The van der Waals surface area contributed by atoms with Crippen LogP contribution < -0.4 is 26.2 Å². The normalized spacial score (nSPS) is 18.5. The van der Waals surface area contributed by atoms with E-state index in [1.807, 2.05) is 0 Å². The quantitative estimate of drug-likeness (QED) is 0.164. The standard InChI is InChI=1S/C59H67BN2/c1-36-21-22-38(37-19-17-16-18-20-37)27-48(36)62-49-28-39(54(2,3)4)23-26-46(49)60-47-32-44-45(59(14,15)35-58(44,12)13)33-50(47)61(51-29-40(55(5,6)7)30-52(62)53(51)60)41-24-25-42-43(31-41)57(10,11)34-56(42,8)9/h16-33H,34-35H2,1-15H3. The van der Waals surface area contributed by atoms with Crippen molar-refractivity contribution < 1.29 is 0 Å². The SMILES string of the molecule is Cc1ccc(-c2ccccc2)cc1N1c2cc(C(C)(C)C)ccc2B2c3cc4c(cc3N(c3ccc5c(c3)C(C)(C)CC5(C)C)c3cc(C(C)(C)C)cc1c32)C(C)(C)CC4(C)C. The van der Waals surface area contributed by atoms with Crippen LogP contribution in [0.4, 0.5) is 34.1 Å². The van der Waals surface area contributed by atoms with Crippen LogP contribution >= 0.6 is 0 Å². The smallest absolute Gasteiger partial charge is 0.252 e. The molecule has 0 bridgehead atoms. The van der Waals surface area contributed by atoms with Gasteiger partial charge in [0.15, 0.2) is 0 Å². The van der Waals surface area contributed by atoms with E-state index in [1.54, 1.807) is 0 Å². The molecule has 3 heteroatoms. The number of fused-ring (bicyclic) bond motifs is 6. The highest BCUT2D eigenvalue weighted by Gasteiger charge is 2.49. The van der Waals surface area contributed by atoms with Gasteiger partial charge in [-0.25, -0.2) is 0 Å². The van der Waals surface area contributed by atoms with Crippen molar-refractivity contribution in [1.29, 1.82) is 0 Å². The number of benzene rings is 6. The van der Waals surface area contributed by atoms with Gasteiger partial charge in [0.1, 0.15) is 0 Å². The summed E-state index contributed by atoms with van der Waals surface area (Å²) in [6.07, 6.45) is 2.28. The molecule has 0 saturated carbocycles. The molecular formula is C59H67BN2. The third-order valence-electron chi connectivity index (χ3n) is 15.4. The minimum Gasteiger partial charge on any atom is -0.311 e. The largest absolute Gasteiger partial charge is 0.311 e. The summed E-state index contributed by atoms with van der Waals surface area (Å²) in [4.78, 5) is 5.36. The Balaban J connectivity index is 1.35. The number of aryl methyl sites for hydroxylation is 1. The minimum absolute atomic E-state index is 0.0199. The summed E-state index contributed by atoms with van der Waals surface area (Å²) >= 11 is 0. The summed E-state index contributed by atoms with van der Waals surface area (Å²) in [7, 11) is 0. The molecule has 2 nitrogen and oxygen atoms in total. The van der Waals surface area contributed by atoms with Gasteiger partial charge >= 0.3 is 0 Å². The van der Waals surface area contributed by atoms with Crippen molar-refractivity contribution in [2.45, 2.75) is 149 Å². The summed E-state index contributed by atoms with van der Waals surface area (Å²) in [6, 6.07) is 43.4. The van der Waals surface area contributed by atoms with Gasteiger partial charge in [-0.2, -0.15) is 0 Å². The van der Waals surface area contributed by atoms with Crippen molar-refractivity contribution in [1.82, 2.24) is 0 Å². The maximum atomic E-state index is 2.70. The molecule has 0 amide bonds. The monoisotopic (exact) mass is 815 g/mol. The van der Waals surface area contributed by atoms with Crippen LogP contribution in [0.2, 0.25) is 0 Å². The first kappa shape index (κ1) is 41.0. The van der Waals surface area contributed by atoms with E-state index in [9.17, 15) is 0 Å². The Morgan fingerprint density at radius 2 is 0.984 bits per heavy atom. The summed E-state index contributed by atoms with van der Waals surface area (Å²) in [6.45, 7) is 36.2. The minimum atomic E-state index is -0.0962. The summed E-state index contributed by atoms with van der Waals surface area (Å²) in [5.41, 5.74) is 24.6. The average molecular weight is 815 g/mol. The van der Waals surface area contributed by atoms with Crippen LogP contribution in [0.3, 0.4) is 0 Å². The summed E-state index contributed by atoms with van der Waals surface area (Å²) in [5, 5.41) is 0.